The van der Waals surface area contributed by atoms with Gasteiger partial charge in [0.15, 0.2) is 5.79 Å². The van der Waals surface area contributed by atoms with Crippen LogP contribution in [0.2, 0.25) is 0 Å². The van der Waals surface area contributed by atoms with Crippen molar-refractivity contribution in [3.8, 4) is 0 Å². The van der Waals surface area contributed by atoms with Gasteiger partial charge in [0, 0.05) is 12.3 Å². The fourth-order valence-corrected chi connectivity index (χ4v) is 6.23. The molecule has 7 nitrogen and oxygen atoms in total. The summed E-state index contributed by atoms with van der Waals surface area (Å²) in [5, 5.41) is 23.0. The molecular weight excluding hydrogens is 340 g/mol. The monoisotopic (exact) mass is 368 g/mol. The van der Waals surface area contributed by atoms with E-state index < -0.39 is 58.5 Å². The number of aliphatic hydroxyl groups excluding tert-OH is 1. The number of aliphatic hydroxyl groups is 2. The van der Waals surface area contributed by atoms with Crippen molar-refractivity contribution >= 4 is 5.97 Å². The first kappa shape index (κ1) is 18.4. The molecular formula is C19H28O7. The molecule has 146 valence electrons. The van der Waals surface area contributed by atoms with Crippen molar-refractivity contribution in [3.63, 3.8) is 0 Å². The second-order valence-corrected chi connectivity index (χ2v) is 8.92. The SMILES string of the molecule is C=C(C)[C@@H]1[C@@H](O)[C@H]2OC[C@@]34OC(C)(C)O[C@@H]3C[C@@](O)([C@H]1C(=O)OC)[C@@]24C. The average molecular weight is 368 g/mol. The summed E-state index contributed by atoms with van der Waals surface area (Å²) in [7, 11) is 1.29. The predicted molar refractivity (Wildman–Crippen MR) is 90.0 cm³/mol. The van der Waals surface area contributed by atoms with E-state index in [2.05, 4.69) is 6.58 Å². The highest BCUT2D eigenvalue weighted by molar-refractivity contribution is 5.76. The summed E-state index contributed by atoms with van der Waals surface area (Å²) in [6, 6.07) is 0. The highest BCUT2D eigenvalue weighted by atomic mass is 16.8. The third-order valence-electron chi connectivity index (χ3n) is 7.27. The molecule has 0 radical (unpaired) electrons. The molecule has 4 fully saturated rings. The van der Waals surface area contributed by atoms with Crippen LogP contribution in [0.5, 0.6) is 0 Å². The lowest BCUT2D eigenvalue weighted by atomic mass is 9.52. The minimum atomic E-state index is -1.51. The Kier molecular flexibility index (Phi) is 3.59. The van der Waals surface area contributed by atoms with Crippen LogP contribution >= 0.6 is 0 Å². The van der Waals surface area contributed by atoms with Gasteiger partial charge in [0.25, 0.3) is 0 Å². The van der Waals surface area contributed by atoms with Gasteiger partial charge in [-0.2, -0.15) is 0 Å². The molecule has 2 saturated carbocycles. The van der Waals surface area contributed by atoms with Crippen molar-refractivity contribution in [2.24, 2.45) is 17.3 Å². The van der Waals surface area contributed by atoms with Crippen LogP contribution in [0, 0.1) is 17.3 Å². The first-order valence-corrected chi connectivity index (χ1v) is 9.08. The van der Waals surface area contributed by atoms with E-state index in [1.165, 1.54) is 7.11 Å². The van der Waals surface area contributed by atoms with Gasteiger partial charge >= 0.3 is 5.97 Å². The van der Waals surface area contributed by atoms with E-state index in [0.717, 1.165) is 0 Å². The molecule has 2 N–H and O–H groups in total. The Balaban J connectivity index is 1.91. The Bertz CT molecular complexity index is 675. The zero-order chi connectivity index (χ0) is 19.3. The van der Waals surface area contributed by atoms with E-state index in [0.29, 0.717) is 5.57 Å². The summed E-state index contributed by atoms with van der Waals surface area (Å²) in [6.07, 6.45) is -1.94. The Hall–Kier alpha value is -0.990. The van der Waals surface area contributed by atoms with Gasteiger partial charge in [0.05, 0.1) is 49.0 Å². The lowest BCUT2D eigenvalue weighted by molar-refractivity contribution is -0.262. The number of hydrogen-bond acceptors (Lipinski definition) is 7. The number of methoxy groups -OCH3 is 1. The second kappa shape index (κ2) is 5.08. The van der Waals surface area contributed by atoms with Crippen LogP contribution in [0.15, 0.2) is 12.2 Å². The van der Waals surface area contributed by atoms with Gasteiger partial charge in [0.1, 0.15) is 5.60 Å². The maximum atomic E-state index is 12.7. The van der Waals surface area contributed by atoms with Crippen LogP contribution in [-0.4, -0.2) is 65.2 Å². The highest BCUT2D eigenvalue weighted by Crippen LogP contribution is 2.71. The Labute approximate surface area is 153 Å². The van der Waals surface area contributed by atoms with Crippen molar-refractivity contribution in [3.05, 3.63) is 12.2 Å². The fourth-order valence-electron chi connectivity index (χ4n) is 6.23. The first-order chi connectivity index (χ1) is 11.9. The predicted octanol–water partition coefficient (Wildman–Crippen LogP) is 0.773. The number of ether oxygens (including phenoxy) is 4. The van der Waals surface area contributed by atoms with E-state index >= 15 is 0 Å². The molecule has 2 heterocycles. The van der Waals surface area contributed by atoms with Crippen LogP contribution in [-0.2, 0) is 23.7 Å². The molecule has 0 amide bonds. The van der Waals surface area contributed by atoms with Gasteiger partial charge in [-0.3, -0.25) is 4.79 Å². The van der Waals surface area contributed by atoms with E-state index in [1.54, 1.807) is 6.92 Å². The lowest BCUT2D eigenvalue weighted by Crippen LogP contribution is -2.71. The van der Waals surface area contributed by atoms with Crippen LogP contribution in [0.4, 0.5) is 0 Å². The minimum absolute atomic E-state index is 0.193. The molecule has 0 aromatic heterocycles. The average Bonchev–Trinajstić information content (AvgIpc) is 3.03. The summed E-state index contributed by atoms with van der Waals surface area (Å²) in [4.78, 5) is 12.7. The summed E-state index contributed by atoms with van der Waals surface area (Å²) >= 11 is 0. The number of carbonyl (C=O) groups is 1. The highest BCUT2D eigenvalue weighted by Gasteiger charge is 2.86. The minimum Gasteiger partial charge on any atom is -0.469 e. The quantitative estimate of drug-likeness (QED) is 0.549. The number of rotatable bonds is 2. The second-order valence-electron chi connectivity index (χ2n) is 8.92. The standard InChI is InChI=1S/C19H28O7/c1-9(2)11-12(15(21)23-6)18(22)7-10-19(26-16(3,4)25-10)8-24-14(13(11)20)17(18,19)5/h10-14,20,22H,1,7-8H2,2-6H3/t10-,11+,12-,13-,14-,17-,18-,19-/m1/s1. The number of hydrogen-bond donors (Lipinski definition) is 2. The topological polar surface area (TPSA) is 94.5 Å². The maximum absolute atomic E-state index is 12.7. The normalized spacial score (nSPS) is 53.9. The Morgan fingerprint density at radius 2 is 1.96 bits per heavy atom. The summed E-state index contributed by atoms with van der Waals surface area (Å²) in [6.45, 7) is 11.4. The van der Waals surface area contributed by atoms with Crippen molar-refractivity contribution in [2.45, 2.75) is 69.4 Å². The molecule has 2 aliphatic carbocycles. The van der Waals surface area contributed by atoms with E-state index in [-0.39, 0.29) is 13.0 Å². The van der Waals surface area contributed by atoms with Gasteiger partial charge < -0.3 is 29.2 Å². The first-order valence-electron chi connectivity index (χ1n) is 9.08. The van der Waals surface area contributed by atoms with E-state index in [1.807, 2.05) is 20.8 Å². The Morgan fingerprint density at radius 1 is 1.31 bits per heavy atom. The lowest BCUT2D eigenvalue weighted by Gasteiger charge is -2.56. The molecule has 26 heavy (non-hydrogen) atoms. The van der Waals surface area contributed by atoms with Gasteiger partial charge in [-0.1, -0.05) is 19.1 Å². The molecule has 1 spiro atoms. The molecule has 0 aromatic rings. The maximum Gasteiger partial charge on any atom is 0.312 e. The van der Waals surface area contributed by atoms with Crippen molar-refractivity contribution < 1.29 is 34.0 Å². The third-order valence-corrected chi connectivity index (χ3v) is 7.27. The largest absolute Gasteiger partial charge is 0.469 e. The fraction of sp³-hybridized carbons (Fsp3) is 0.842. The van der Waals surface area contributed by atoms with Crippen molar-refractivity contribution in [1.29, 1.82) is 0 Å². The zero-order valence-corrected chi connectivity index (χ0v) is 15.9. The Morgan fingerprint density at radius 3 is 2.54 bits per heavy atom. The van der Waals surface area contributed by atoms with Crippen LogP contribution in [0.25, 0.3) is 0 Å². The summed E-state index contributed by atoms with van der Waals surface area (Å²) in [5.41, 5.74) is -2.86. The molecule has 8 atom stereocenters. The van der Waals surface area contributed by atoms with E-state index in [4.69, 9.17) is 18.9 Å². The molecule has 2 saturated heterocycles. The van der Waals surface area contributed by atoms with Crippen LogP contribution in [0.1, 0.15) is 34.1 Å². The summed E-state index contributed by atoms with van der Waals surface area (Å²) in [5.74, 6) is -3.04. The van der Waals surface area contributed by atoms with Crippen LogP contribution in [0.3, 0.4) is 0 Å². The zero-order valence-electron chi connectivity index (χ0n) is 15.9. The van der Waals surface area contributed by atoms with Crippen LogP contribution < -0.4 is 0 Å². The molecule has 4 aliphatic rings. The van der Waals surface area contributed by atoms with Crippen molar-refractivity contribution in [1.82, 2.24) is 0 Å². The number of carbonyl (C=O) groups excluding carboxylic acids is 1. The van der Waals surface area contributed by atoms with Gasteiger partial charge in [-0.25, -0.2) is 0 Å². The third kappa shape index (κ3) is 1.79. The van der Waals surface area contributed by atoms with Crippen molar-refractivity contribution in [2.75, 3.05) is 13.7 Å². The molecule has 0 bridgehead atoms. The smallest absolute Gasteiger partial charge is 0.312 e. The van der Waals surface area contributed by atoms with Gasteiger partial charge in [-0.05, 0) is 20.8 Å². The van der Waals surface area contributed by atoms with Gasteiger partial charge in [0.2, 0.25) is 0 Å². The number of esters is 1. The molecule has 2 aliphatic heterocycles. The molecule has 7 heteroatoms. The summed E-state index contributed by atoms with van der Waals surface area (Å²) < 4.78 is 23.4. The van der Waals surface area contributed by atoms with E-state index in [9.17, 15) is 15.0 Å². The molecule has 0 unspecified atom stereocenters. The molecule has 4 rings (SSSR count). The van der Waals surface area contributed by atoms with Gasteiger partial charge in [-0.15, -0.1) is 0 Å². The molecule has 0 aromatic carbocycles.